The molecule has 1 aromatic carbocycles. The van der Waals surface area contributed by atoms with Crippen molar-refractivity contribution in [1.29, 1.82) is 0 Å². The Labute approximate surface area is 176 Å². The van der Waals surface area contributed by atoms with Crippen LogP contribution in [0.5, 0.6) is 0 Å². The van der Waals surface area contributed by atoms with Gasteiger partial charge in [0.05, 0.1) is 5.25 Å². The second-order valence-corrected chi connectivity index (χ2v) is 9.09. The van der Waals surface area contributed by atoms with Crippen molar-refractivity contribution >= 4 is 29.3 Å². The molecule has 0 aliphatic carbocycles. The Morgan fingerprint density at radius 3 is 2.54 bits per heavy atom. The summed E-state index contributed by atoms with van der Waals surface area (Å²) in [7, 11) is 0. The van der Waals surface area contributed by atoms with Crippen LogP contribution in [0.15, 0.2) is 42.1 Å². The topological polar surface area (TPSA) is 51.0 Å². The van der Waals surface area contributed by atoms with Crippen molar-refractivity contribution in [3.05, 3.63) is 41.9 Å². The third-order valence-corrected chi connectivity index (χ3v) is 6.53. The van der Waals surface area contributed by atoms with Crippen molar-refractivity contribution in [2.45, 2.75) is 69.1 Å². The number of carbonyl (C=O) groups excluding carboxylic acids is 1. The highest BCUT2D eigenvalue weighted by Gasteiger charge is 2.32. The first-order chi connectivity index (χ1) is 13.4. The molecule has 1 amide bonds. The van der Waals surface area contributed by atoms with Gasteiger partial charge in [-0.25, -0.2) is 0 Å². The maximum atomic E-state index is 13.1. The summed E-state index contributed by atoms with van der Waals surface area (Å²) in [5.41, 5.74) is 0.933. The van der Waals surface area contributed by atoms with Gasteiger partial charge in [0.1, 0.15) is 0 Å². The quantitative estimate of drug-likeness (QED) is 0.486. The smallest absolute Gasteiger partial charge is 0.236 e. The van der Waals surface area contributed by atoms with E-state index < -0.39 is 0 Å². The van der Waals surface area contributed by atoms with Crippen molar-refractivity contribution < 1.29 is 4.79 Å². The van der Waals surface area contributed by atoms with Crippen LogP contribution in [0.4, 0.5) is 0 Å². The van der Waals surface area contributed by atoms with E-state index in [-0.39, 0.29) is 23.2 Å². The molecule has 1 aromatic heterocycles. The molecule has 1 saturated heterocycles. The van der Waals surface area contributed by atoms with Crippen molar-refractivity contribution in [2.24, 2.45) is 0 Å². The third-order valence-electron chi connectivity index (χ3n) is 5.21. The highest BCUT2D eigenvalue weighted by Crippen LogP contribution is 2.31. The van der Waals surface area contributed by atoms with E-state index in [0.717, 1.165) is 29.4 Å². The number of benzene rings is 1. The number of carbonyl (C=O) groups is 1. The zero-order chi connectivity index (χ0) is 20.3. The van der Waals surface area contributed by atoms with E-state index in [0.29, 0.717) is 11.6 Å². The maximum Gasteiger partial charge on any atom is 0.236 e. The Balaban J connectivity index is 1.82. The van der Waals surface area contributed by atoms with Gasteiger partial charge < -0.3 is 4.90 Å². The molecule has 28 heavy (non-hydrogen) atoms. The number of nitrogens with zero attached hydrogens (tertiary/aromatic N) is 4. The van der Waals surface area contributed by atoms with E-state index in [9.17, 15) is 4.79 Å². The van der Waals surface area contributed by atoms with Gasteiger partial charge in [-0.1, -0.05) is 29.4 Å². The number of likely N-dealkylation sites (tertiary alicyclic amines) is 1. The second kappa shape index (κ2) is 9.14. The molecule has 0 bridgehead atoms. The fourth-order valence-corrected chi connectivity index (χ4v) is 4.80. The summed E-state index contributed by atoms with van der Waals surface area (Å²) in [6.07, 6.45) is 5.14. The van der Waals surface area contributed by atoms with Crippen LogP contribution in [0.1, 0.15) is 40.0 Å². The van der Waals surface area contributed by atoms with Gasteiger partial charge in [0.25, 0.3) is 0 Å². The number of piperidine rings is 1. The van der Waals surface area contributed by atoms with Crippen LogP contribution in [0.3, 0.4) is 0 Å². The summed E-state index contributed by atoms with van der Waals surface area (Å²) in [6, 6.07) is 8.09. The number of amides is 1. The Morgan fingerprint density at radius 1 is 1.29 bits per heavy atom. The number of aromatic nitrogens is 3. The predicted octanol–water partition coefficient (Wildman–Crippen LogP) is 5.05. The largest absolute Gasteiger partial charge is 0.336 e. The van der Waals surface area contributed by atoms with Gasteiger partial charge in [0.2, 0.25) is 5.91 Å². The minimum atomic E-state index is -0.228. The SMILES string of the molecule is C=CCn1c(S[C@@H](C)C(=O)N2[C@@H](C)CCC[C@@H]2C)nnc1-c1ccc(Cl)cc1. The first-order valence-electron chi connectivity index (χ1n) is 9.71. The summed E-state index contributed by atoms with van der Waals surface area (Å²) >= 11 is 7.46. The summed E-state index contributed by atoms with van der Waals surface area (Å²) < 4.78 is 1.99. The monoisotopic (exact) mass is 418 g/mol. The lowest BCUT2D eigenvalue weighted by Gasteiger charge is -2.40. The highest BCUT2D eigenvalue weighted by molar-refractivity contribution is 8.00. The molecular formula is C21H27ClN4OS. The Hall–Kier alpha value is -1.79. The van der Waals surface area contributed by atoms with Gasteiger partial charge in [0.15, 0.2) is 11.0 Å². The summed E-state index contributed by atoms with van der Waals surface area (Å²) in [6.45, 7) is 10.7. The molecule has 0 unspecified atom stereocenters. The van der Waals surface area contributed by atoms with E-state index in [1.807, 2.05) is 41.8 Å². The summed E-state index contributed by atoms with van der Waals surface area (Å²) in [5, 5.41) is 9.90. The lowest BCUT2D eigenvalue weighted by Crippen LogP contribution is -2.50. The van der Waals surface area contributed by atoms with Crippen molar-refractivity contribution in [3.63, 3.8) is 0 Å². The van der Waals surface area contributed by atoms with E-state index in [2.05, 4.69) is 35.5 Å². The molecule has 5 nitrogen and oxygen atoms in total. The van der Waals surface area contributed by atoms with Gasteiger partial charge in [-0.15, -0.1) is 16.8 Å². The van der Waals surface area contributed by atoms with Crippen LogP contribution in [-0.2, 0) is 11.3 Å². The van der Waals surface area contributed by atoms with Gasteiger partial charge in [0, 0.05) is 29.2 Å². The summed E-state index contributed by atoms with van der Waals surface area (Å²) in [5.74, 6) is 0.921. The van der Waals surface area contributed by atoms with Crippen molar-refractivity contribution in [2.75, 3.05) is 0 Å². The van der Waals surface area contributed by atoms with Crippen molar-refractivity contribution in [3.8, 4) is 11.4 Å². The van der Waals surface area contributed by atoms with Gasteiger partial charge >= 0.3 is 0 Å². The summed E-state index contributed by atoms with van der Waals surface area (Å²) in [4.78, 5) is 15.2. The van der Waals surface area contributed by atoms with Gasteiger partial charge in [-0.05, 0) is 64.3 Å². The van der Waals surface area contributed by atoms with Crippen LogP contribution < -0.4 is 0 Å². The third kappa shape index (κ3) is 4.44. The van der Waals surface area contributed by atoms with E-state index in [4.69, 9.17) is 11.6 Å². The first-order valence-corrected chi connectivity index (χ1v) is 11.0. The number of allylic oxidation sites excluding steroid dienone is 1. The zero-order valence-electron chi connectivity index (χ0n) is 16.6. The fraction of sp³-hybridized carbons (Fsp3) is 0.476. The normalized spacial score (nSPS) is 20.8. The molecule has 0 spiro atoms. The van der Waals surface area contributed by atoms with E-state index in [1.165, 1.54) is 18.2 Å². The van der Waals surface area contributed by atoms with Crippen LogP contribution >= 0.6 is 23.4 Å². The molecule has 2 aromatic rings. The average Bonchev–Trinajstić information content (AvgIpc) is 3.05. The predicted molar refractivity (Wildman–Crippen MR) is 116 cm³/mol. The van der Waals surface area contributed by atoms with Gasteiger partial charge in [-0.2, -0.15) is 0 Å². The molecule has 7 heteroatoms. The lowest BCUT2D eigenvalue weighted by atomic mass is 9.97. The zero-order valence-corrected chi connectivity index (χ0v) is 18.2. The molecule has 3 rings (SSSR count). The van der Waals surface area contributed by atoms with Crippen LogP contribution in [0.2, 0.25) is 5.02 Å². The van der Waals surface area contributed by atoms with Crippen LogP contribution in [0, 0.1) is 0 Å². The maximum absolute atomic E-state index is 13.1. The van der Waals surface area contributed by atoms with Crippen molar-refractivity contribution in [1.82, 2.24) is 19.7 Å². The number of hydrogen-bond donors (Lipinski definition) is 0. The fourth-order valence-electron chi connectivity index (χ4n) is 3.76. The lowest BCUT2D eigenvalue weighted by molar-refractivity contribution is -0.136. The van der Waals surface area contributed by atoms with Crippen LogP contribution in [0.25, 0.3) is 11.4 Å². The number of thioether (sulfide) groups is 1. The number of hydrogen-bond acceptors (Lipinski definition) is 4. The number of rotatable bonds is 6. The Bertz CT molecular complexity index is 825. The minimum Gasteiger partial charge on any atom is -0.336 e. The van der Waals surface area contributed by atoms with E-state index in [1.54, 1.807) is 0 Å². The van der Waals surface area contributed by atoms with Crippen LogP contribution in [-0.4, -0.2) is 42.9 Å². The Kier molecular flexibility index (Phi) is 6.83. The molecule has 1 aliphatic heterocycles. The molecule has 150 valence electrons. The second-order valence-electron chi connectivity index (χ2n) is 7.35. The molecule has 0 radical (unpaired) electrons. The molecular weight excluding hydrogens is 392 g/mol. The molecule has 1 fully saturated rings. The molecule has 2 heterocycles. The minimum absolute atomic E-state index is 0.172. The standard InChI is InChI=1S/C21H27ClN4OS/c1-5-13-25-19(17-9-11-18(22)12-10-17)23-24-21(25)28-16(4)20(27)26-14(2)7-6-8-15(26)3/h5,9-12,14-16H,1,6-8,13H2,2-4H3/t14-,15-,16-/m0/s1. The molecule has 1 aliphatic rings. The van der Waals surface area contributed by atoms with Gasteiger partial charge in [-0.3, -0.25) is 9.36 Å². The molecule has 0 saturated carbocycles. The van der Waals surface area contributed by atoms with E-state index >= 15 is 0 Å². The Morgan fingerprint density at radius 2 is 1.93 bits per heavy atom. The highest BCUT2D eigenvalue weighted by atomic mass is 35.5. The average molecular weight is 419 g/mol. The molecule has 3 atom stereocenters. The first kappa shape index (κ1) is 20.9. The number of halogens is 1. The molecule has 0 N–H and O–H groups in total.